The molecular formula is C14H14FN3O. The van der Waals surface area contributed by atoms with Crippen LogP contribution in [0.5, 0.6) is 0 Å². The van der Waals surface area contributed by atoms with Crippen LogP contribution in [0.15, 0.2) is 42.6 Å². The van der Waals surface area contributed by atoms with E-state index in [-0.39, 0.29) is 5.56 Å². The van der Waals surface area contributed by atoms with Gasteiger partial charge in [-0.3, -0.25) is 9.78 Å². The van der Waals surface area contributed by atoms with Crippen LogP contribution in [0.3, 0.4) is 0 Å². The molecule has 19 heavy (non-hydrogen) atoms. The predicted octanol–water partition coefficient (Wildman–Crippen LogP) is 2.08. The lowest BCUT2D eigenvalue weighted by molar-refractivity contribution is 0.0779. The standard InChI is InChI=1S/C14H14FN3O/c1-18(9-11-4-2-3-7-17-11)14(19)12-6-5-10(16)8-13(12)15/h2-8H,9,16H2,1H3. The van der Waals surface area contributed by atoms with E-state index in [1.54, 1.807) is 19.3 Å². The highest BCUT2D eigenvalue weighted by Gasteiger charge is 2.16. The summed E-state index contributed by atoms with van der Waals surface area (Å²) in [7, 11) is 1.60. The van der Waals surface area contributed by atoms with Gasteiger partial charge in [0, 0.05) is 18.9 Å². The Morgan fingerprint density at radius 1 is 1.37 bits per heavy atom. The van der Waals surface area contributed by atoms with Gasteiger partial charge in [-0.2, -0.15) is 0 Å². The summed E-state index contributed by atoms with van der Waals surface area (Å²) in [4.78, 5) is 17.6. The zero-order valence-electron chi connectivity index (χ0n) is 10.5. The Morgan fingerprint density at radius 3 is 2.79 bits per heavy atom. The van der Waals surface area contributed by atoms with Crippen molar-refractivity contribution in [1.82, 2.24) is 9.88 Å². The van der Waals surface area contributed by atoms with Gasteiger partial charge in [0.2, 0.25) is 0 Å². The zero-order chi connectivity index (χ0) is 13.8. The fraction of sp³-hybridized carbons (Fsp3) is 0.143. The zero-order valence-corrected chi connectivity index (χ0v) is 10.5. The Kier molecular flexibility index (Phi) is 3.75. The molecule has 98 valence electrons. The molecule has 1 aromatic heterocycles. The van der Waals surface area contributed by atoms with E-state index in [4.69, 9.17) is 5.73 Å². The summed E-state index contributed by atoms with van der Waals surface area (Å²) in [6.07, 6.45) is 1.65. The molecule has 1 heterocycles. The second-order valence-corrected chi connectivity index (χ2v) is 4.22. The summed E-state index contributed by atoms with van der Waals surface area (Å²) in [5.41, 5.74) is 6.50. The quantitative estimate of drug-likeness (QED) is 0.858. The van der Waals surface area contributed by atoms with Gasteiger partial charge >= 0.3 is 0 Å². The average Bonchev–Trinajstić information content (AvgIpc) is 2.39. The maximum Gasteiger partial charge on any atom is 0.256 e. The summed E-state index contributed by atoms with van der Waals surface area (Å²) >= 11 is 0. The maximum absolute atomic E-state index is 13.7. The normalized spacial score (nSPS) is 10.2. The van der Waals surface area contributed by atoms with Crippen LogP contribution in [-0.4, -0.2) is 22.8 Å². The molecule has 1 amide bonds. The molecule has 0 fully saturated rings. The summed E-state index contributed by atoms with van der Waals surface area (Å²) in [6.45, 7) is 0.323. The van der Waals surface area contributed by atoms with Gasteiger partial charge in [-0.25, -0.2) is 4.39 Å². The van der Waals surface area contributed by atoms with Crippen LogP contribution in [0, 0.1) is 5.82 Å². The van der Waals surface area contributed by atoms with Crippen LogP contribution < -0.4 is 5.73 Å². The number of rotatable bonds is 3. The molecule has 0 unspecified atom stereocenters. The largest absolute Gasteiger partial charge is 0.399 e. The minimum atomic E-state index is -0.613. The third-order valence-corrected chi connectivity index (χ3v) is 2.70. The molecule has 0 atom stereocenters. The van der Waals surface area contributed by atoms with Crippen LogP contribution >= 0.6 is 0 Å². The number of nitrogen functional groups attached to an aromatic ring is 1. The number of hydrogen-bond acceptors (Lipinski definition) is 3. The topological polar surface area (TPSA) is 59.2 Å². The molecule has 0 aliphatic carbocycles. The SMILES string of the molecule is CN(Cc1ccccn1)C(=O)c1ccc(N)cc1F. The van der Waals surface area contributed by atoms with Crippen molar-refractivity contribution in [3.8, 4) is 0 Å². The molecule has 0 spiro atoms. The second-order valence-electron chi connectivity index (χ2n) is 4.22. The Labute approximate surface area is 110 Å². The van der Waals surface area contributed by atoms with Crippen molar-refractivity contribution in [3.05, 3.63) is 59.7 Å². The molecule has 0 radical (unpaired) electrons. The first kappa shape index (κ1) is 13.0. The Bertz CT molecular complexity index is 586. The highest BCUT2D eigenvalue weighted by atomic mass is 19.1. The molecule has 4 nitrogen and oxygen atoms in total. The van der Waals surface area contributed by atoms with E-state index < -0.39 is 11.7 Å². The summed E-state index contributed by atoms with van der Waals surface area (Å²) in [5, 5.41) is 0. The van der Waals surface area contributed by atoms with Gasteiger partial charge in [-0.15, -0.1) is 0 Å². The maximum atomic E-state index is 13.7. The fourth-order valence-corrected chi connectivity index (χ4v) is 1.72. The minimum Gasteiger partial charge on any atom is -0.399 e. The van der Waals surface area contributed by atoms with Crippen LogP contribution in [-0.2, 0) is 6.54 Å². The van der Waals surface area contributed by atoms with E-state index >= 15 is 0 Å². The van der Waals surface area contributed by atoms with Crippen molar-refractivity contribution >= 4 is 11.6 Å². The van der Waals surface area contributed by atoms with Crippen LogP contribution in [0.4, 0.5) is 10.1 Å². The molecule has 0 saturated carbocycles. The summed E-state index contributed by atoms with van der Waals surface area (Å²) in [6, 6.07) is 9.48. The van der Waals surface area contributed by atoms with Crippen LogP contribution in [0.1, 0.15) is 16.1 Å². The number of nitrogens with zero attached hydrogens (tertiary/aromatic N) is 2. The molecule has 0 bridgehead atoms. The third-order valence-electron chi connectivity index (χ3n) is 2.70. The minimum absolute atomic E-state index is 0.00707. The Balaban J connectivity index is 2.15. The molecule has 0 aliphatic heterocycles. The number of carbonyl (C=O) groups excluding carboxylic acids is 1. The van der Waals surface area contributed by atoms with E-state index in [0.29, 0.717) is 12.2 Å². The van der Waals surface area contributed by atoms with E-state index in [9.17, 15) is 9.18 Å². The smallest absolute Gasteiger partial charge is 0.256 e. The Hall–Kier alpha value is -2.43. The van der Waals surface area contributed by atoms with Gasteiger partial charge < -0.3 is 10.6 Å². The third kappa shape index (κ3) is 3.07. The van der Waals surface area contributed by atoms with E-state index in [1.165, 1.54) is 17.0 Å². The number of benzene rings is 1. The molecule has 2 rings (SSSR count). The lowest BCUT2D eigenvalue weighted by Gasteiger charge is -2.17. The van der Waals surface area contributed by atoms with Crippen molar-refractivity contribution in [2.45, 2.75) is 6.54 Å². The molecule has 2 aromatic rings. The predicted molar refractivity (Wildman–Crippen MR) is 70.8 cm³/mol. The van der Waals surface area contributed by atoms with Crippen LogP contribution in [0.2, 0.25) is 0 Å². The number of amides is 1. The van der Waals surface area contributed by atoms with Crippen molar-refractivity contribution in [1.29, 1.82) is 0 Å². The Morgan fingerprint density at radius 2 is 2.16 bits per heavy atom. The van der Waals surface area contributed by atoms with E-state index in [1.807, 2.05) is 12.1 Å². The van der Waals surface area contributed by atoms with Gasteiger partial charge in [0.05, 0.1) is 17.8 Å². The number of nitrogens with two attached hydrogens (primary N) is 1. The monoisotopic (exact) mass is 259 g/mol. The number of halogens is 1. The number of aromatic nitrogens is 1. The lowest BCUT2D eigenvalue weighted by Crippen LogP contribution is -2.27. The second kappa shape index (κ2) is 5.48. The summed E-state index contributed by atoms with van der Waals surface area (Å²) < 4.78 is 13.7. The molecular weight excluding hydrogens is 245 g/mol. The summed E-state index contributed by atoms with van der Waals surface area (Å²) in [5.74, 6) is -1.01. The van der Waals surface area contributed by atoms with E-state index in [0.717, 1.165) is 11.8 Å². The van der Waals surface area contributed by atoms with Crippen molar-refractivity contribution in [2.75, 3.05) is 12.8 Å². The fourth-order valence-electron chi connectivity index (χ4n) is 1.72. The first-order chi connectivity index (χ1) is 9.08. The number of pyridine rings is 1. The average molecular weight is 259 g/mol. The van der Waals surface area contributed by atoms with Gasteiger partial charge in [-0.1, -0.05) is 6.07 Å². The lowest BCUT2D eigenvalue weighted by atomic mass is 10.1. The van der Waals surface area contributed by atoms with Gasteiger partial charge in [0.1, 0.15) is 5.82 Å². The van der Waals surface area contributed by atoms with Gasteiger partial charge in [0.15, 0.2) is 0 Å². The molecule has 0 saturated heterocycles. The van der Waals surface area contributed by atoms with Crippen molar-refractivity contribution in [3.63, 3.8) is 0 Å². The van der Waals surface area contributed by atoms with Gasteiger partial charge in [-0.05, 0) is 30.3 Å². The van der Waals surface area contributed by atoms with Crippen molar-refractivity contribution < 1.29 is 9.18 Å². The number of anilines is 1. The van der Waals surface area contributed by atoms with Crippen molar-refractivity contribution in [2.24, 2.45) is 0 Å². The highest BCUT2D eigenvalue weighted by molar-refractivity contribution is 5.94. The van der Waals surface area contributed by atoms with E-state index in [2.05, 4.69) is 4.98 Å². The molecule has 5 heteroatoms. The molecule has 1 aromatic carbocycles. The highest BCUT2D eigenvalue weighted by Crippen LogP contribution is 2.14. The number of carbonyl (C=O) groups is 1. The molecule has 2 N–H and O–H groups in total. The van der Waals surface area contributed by atoms with Crippen LogP contribution in [0.25, 0.3) is 0 Å². The first-order valence-electron chi connectivity index (χ1n) is 5.78. The number of hydrogen-bond donors (Lipinski definition) is 1. The first-order valence-corrected chi connectivity index (χ1v) is 5.78. The van der Waals surface area contributed by atoms with Gasteiger partial charge in [0.25, 0.3) is 5.91 Å². The molecule has 0 aliphatic rings.